The summed E-state index contributed by atoms with van der Waals surface area (Å²) in [5.41, 5.74) is 2.77. The predicted octanol–water partition coefficient (Wildman–Crippen LogP) is 3.09. The van der Waals surface area contributed by atoms with Crippen molar-refractivity contribution in [1.82, 2.24) is 9.78 Å². The molecule has 0 bridgehead atoms. The molecule has 0 saturated carbocycles. The number of hydrogen-bond acceptors (Lipinski definition) is 3. The first-order valence-corrected chi connectivity index (χ1v) is 7.62. The third-order valence-electron chi connectivity index (χ3n) is 3.81. The van der Waals surface area contributed by atoms with Gasteiger partial charge in [-0.05, 0) is 42.8 Å². The summed E-state index contributed by atoms with van der Waals surface area (Å²) < 4.78 is 14.3. The molecule has 0 aliphatic rings. The molecule has 0 aliphatic carbocycles. The molecule has 1 atom stereocenters. The highest BCUT2D eigenvalue weighted by Gasteiger charge is 2.11. The van der Waals surface area contributed by atoms with Gasteiger partial charge in [0, 0.05) is 11.6 Å². The Labute approximate surface area is 138 Å². The minimum absolute atomic E-state index is 0.0525. The van der Waals surface area contributed by atoms with Crippen molar-refractivity contribution in [3.05, 3.63) is 88.0 Å². The van der Waals surface area contributed by atoms with E-state index >= 15 is 0 Å². The highest BCUT2D eigenvalue weighted by atomic mass is 19.1. The smallest absolute Gasteiger partial charge is 0.266 e. The Morgan fingerprint density at radius 1 is 1.04 bits per heavy atom. The second kappa shape index (κ2) is 6.76. The van der Waals surface area contributed by atoms with Gasteiger partial charge in [0.1, 0.15) is 5.82 Å². The molecule has 3 rings (SSSR count). The minimum atomic E-state index is -0.834. The topological polar surface area (TPSA) is 55.1 Å². The highest BCUT2D eigenvalue weighted by molar-refractivity contribution is 5.57. The Balaban J connectivity index is 1.87. The molecular formula is C19H17FN2O2. The van der Waals surface area contributed by atoms with E-state index in [1.165, 1.54) is 22.9 Å². The largest absolute Gasteiger partial charge is 0.386 e. The predicted molar refractivity (Wildman–Crippen MR) is 90.0 cm³/mol. The molecule has 122 valence electrons. The maximum atomic E-state index is 13.0. The van der Waals surface area contributed by atoms with Crippen molar-refractivity contribution >= 4 is 0 Å². The zero-order valence-electron chi connectivity index (χ0n) is 13.2. The van der Waals surface area contributed by atoms with Crippen LogP contribution in [0.3, 0.4) is 0 Å². The molecule has 5 heteroatoms. The summed E-state index contributed by atoms with van der Waals surface area (Å²) in [7, 11) is 0. The quantitative estimate of drug-likeness (QED) is 0.802. The van der Waals surface area contributed by atoms with Gasteiger partial charge in [-0.25, -0.2) is 9.07 Å². The minimum Gasteiger partial charge on any atom is -0.386 e. The van der Waals surface area contributed by atoms with Crippen molar-refractivity contribution in [1.29, 1.82) is 0 Å². The number of aryl methyl sites for hydroxylation is 1. The van der Waals surface area contributed by atoms with Gasteiger partial charge in [-0.2, -0.15) is 5.10 Å². The first kappa shape index (κ1) is 16.1. The van der Waals surface area contributed by atoms with E-state index in [1.807, 2.05) is 31.2 Å². The van der Waals surface area contributed by atoms with Crippen LogP contribution < -0.4 is 5.56 Å². The SMILES string of the molecule is Cc1ccc(C(O)Cn2nc(-c3ccc(F)cc3)ccc2=O)cc1. The fourth-order valence-corrected chi connectivity index (χ4v) is 2.41. The average Bonchev–Trinajstić information content (AvgIpc) is 2.58. The van der Waals surface area contributed by atoms with Crippen molar-refractivity contribution in [2.75, 3.05) is 0 Å². The highest BCUT2D eigenvalue weighted by Crippen LogP contribution is 2.18. The lowest BCUT2D eigenvalue weighted by molar-refractivity contribution is 0.149. The Hall–Kier alpha value is -2.79. The van der Waals surface area contributed by atoms with Gasteiger partial charge in [0.15, 0.2) is 0 Å². The van der Waals surface area contributed by atoms with E-state index in [4.69, 9.17) is 0 Å². The number of aliphatic hydroxyl groups is 1. The molecular weight excluding hydrogens is 307 g/mol. The number of aromatic nitrogens is 2. The Morgan fingerprint density at radius 2 is 1.71 bits per heavy atom. The Kier molecular flexibility index (Phi) is 4.53. The van der Waals surface area contributed by atoms with Crippen LogP contribution in [0.25, 0.3) is 11.3 Å². The lowest BCUT2D eigenvalue weighted by Gasteiger charge is -2.13. The van der Waals surface area contributed by atoms with Crippen molar-refractivity contribution in [2.24, 2.45) is 0 Å². The number of halogens is 1. The summed E-state index contributed by atoms with van der Waals surface area (Å²) in [6.07, 6.45) is -0.834. The lowest BCUT2D eigenvalue weighted by atomic mass is 10.1. The lowest BCUT2D eigenvalue weighted by Crippen LogP contribution is -2.25. The van der Waals surface area contributed by atoms with Gasteiger partial charge in [0.2, 0.25) is 0 Å². The second-order valence-corrected chi connectivity index (χ2v) is 5.67. The Morgan fingerprint density at radius 3 is 2.38 bits per heavy atom. The van der Waals surface area contributed by atoms with Gasteiger partial charge in [-0.15, -0.1) is 0 Å². The third-order valence-corrected chi connectivity index (χ3v) is 3.81. The van der Waals surface area contributed by atoms with Gasteiger partial charge in [-0.3, -0.25) is 4.79 Å². The fraction of sp³-hybridized carbons (Fsp3) is 0.158. The summed E-state index contributed by atoms with van der Waals surface area (Å²) >= 11 is 0. The number of hydrogen-bond donors (Lipinski definition) is 1. The maximum absolute atomic E-state index is 13.0. The number of rotatable bonds is 4. The third kappa shape index (κ3) is 3.58. The fourth-order valence-electron chi connectivity index (χ4n) is 2.41. The van der Waals surface area contributed by atoms with E-state index in [-0.39, 0.29) is 17.9 Å². The average molecular weight is 324 g/mol. The molecule has 24 heavy (non-hydrogen) atoms. The molecule has 4 nitrogen and oxygen atoms in total. The molecule has 1 heterocycles. The van der Waals surface area contributed by atoms with E-state index in [2.05, 4.69) is 5.10 Å². The molecule has 0 spiro atoms. The second-order valence-electron chi connectivity index (χ2n) is 5.67. The first-order chi connectivity index (χ1) is 11.5. The van der Waals surface area contributed by atoms with Crippen LogP contribution in [0, 0.1) is 12.7 Å². The summed E-state index contributed by atoms with van der Waals surface area (Å²) in [5, 5.41) is 14.6. The van der Waals surface area contributed by atoms with Gasteiger partial charge in [-0.1, -0.05) is 29.8 Å². The summed E-state index contributed by atoms with van der Waals surface area (Å²) in [4.78, 5) is 12.0. The van der Waals surface area contributed by atoms with Crippen molar-refractivity contribution < 1.29 is 9.50 Å². The van der Waals surface area contributed by atoms with Crippen LogP contribution in [0.2, 0.25) is 0 Å². The van der Waals surface area contributed by atoms with Crippen molar-refractivity contribution in [2.45, 2.75) is 19.6 Å². The zero-order chi connectivity index (χ0) is 17.1. The normalized spacial score (nSPS) is 12.1. The number of aliphatic hydroxyl groups excluding tert-OH is 1. The molecule has 0 amide bonds. The van der Waals surface area contributed by atoms with E-state index in [0.29, 0.717) is 11.3 Å². The van der Waals surface area contributed by atoms with Gasteiger partial charge in [0.05, 0.1) is 18.3 Å². The summed E-state index contributed by atoms with van der Waals surface area (Å²) in [6.45, 7) is 2.02. The standard InChI is InChI=1S/C19H17FN2O2/c1-13-2-4-15(5-3-13)18(23)12-22-19(24)11-10-17(21-22)14-6-8-16(20)9-7-14/h2-11,18,23H,12H2,1H3. The van der Waals surface area contributed by atoms with Crippen LogP contribution in [-0.4, -0.2) is 14.9 Å². The zero-order valence-corrected chi connectivity index (χ0v) is 13.2. The van der Waals surface area contributed by atoms with E-state index in [0.717, 1.165) is 11.1 Å². The maximum Gasteiger partial charge on any atom is 0.266 e. The number of benzene rings is 2. The molecule has 1 aromatic heterocycles. The van der Waals surface area contributed by atoms with E-state index in [9.17, 15) is 14.3 Å². The van der Waals surface area contributed by atoms with Crippen LogP contribution in [0.15, 0.2) is 65.5 Å². The summed E-state index contributed by atoms with van der Waals surface area (Å²) in [6, 6.07) is 16.3. The van der Waals surface area contributed by atoms with Crippen LogP contribution in [0.5, 0.6) is 0 Å². The first-order valence-electron chi connectivity index (χ1n) is 7.62. The van der Waals surface area contributed by atoms with Crippen molar-refractivity contribution in [3.63, 3.8) is 0 Å². The van der Waals surface area contributed by atoms with Crippen molar-refractivity contribution in [3.8, 4) is 11.3 Å². The van der Waals surface area contributed by atoms with Crippen LogP contribution in [0.1, 0.15) is 17.2 Å². The molecule has 0 radical (unpaired) electrons. The van der Waals surface area contributed by atoms with Gasteiger partial charge >= 0.3 is 0 Å². The molecule has 1 unspecified atom stereocenters. The summed E-state index contributed by atoms with van der Waals surface area (Å²) in [5.74, 6) is -0.332. The van der Waals surface area contributed by atoms with E-state index in [1.54, 1.807) is 18.2 Å². The molecule has 1 N–H and O–H groups in total. The number of nitrogens with zero attached hydrogens (tertiary/aromatic N) is 2. The molecule has 2 aromatic carbocycles. The molecule has 0 fully saturated rings. The Bertz CT molecular complexity index is 886. The molecule has 3 aromatic rings. The van der Waals surface area contributed by atoms with Crippen LogP contribution in [-0.2, 0) is 6.54 Å². The molecule has 0 saturated heterocycles. The molecule has 0 aliphatic heterocycles. The van der Waals surface area contributed by atoms with Gasteiger partial charge < -0.3 is 5.11 Å². The van der Waals surface area contributed by atoms with Gasteiger partial charge in [0.25, 0.3) is 5.56 Å². The monoisotopic (exact) mass is 324 g/mol. The van der Waals surface area contributed by atoms with Crippen LogP contribution >= 0.6 is 0 Å². The van der Waals surface area contributed by atoms with Crippen LogP contribution in [0.4, 0.5) is 4.39 Å². The van der Waals surface area contributed by atoms with E-state index < -0.39 is 6.10 Å².